The van der Waals surface area contributed by atoms with Gasteiger partial charge in [0.25, 0.3) is 0 Å². The number of carbonyl (C=O) groups excluding carboxylic acids is 2. The van der Waals surface area contributed by atoms with Crippen LogP contribution in [0.1, 0.15) is 257 Å². The molecular weight excluding hydrogens is 689 g/mol. The fourth-order valence-corrected chi connectivity index (χ4v) is 7.48. The molecule has 0 fully saturated rings. The van der Waals surface area contributed by atoms with E-state index in [0.717, 1.165) is 51.4 Å². The lowest BCUT2D eigenvalue weighted by Crippen LogP contribution is -2.37. The van der Waals surface area contributed by atoms with Gasteiger partial charge < -0.3 is 24.8 Å². The van der Waals surface area contributed by atoms with E-state index in [1.165, 1.54) is 180 Å². The number of carbonyl (C=O) groups is 2. The third-order valence-corrected chi connectivity index (χ3v) is 11.7. The van der Waals surface area contributed by atoms with Crippen LogP contribution in [0.15, 0.2) is 0 Å². The van der Waals surface area contributed by atoms with Crippen LogP contribution in [-0.2, 0) is 19.1 Å². The maximum absolute atomic E-state index is 12.4. The molecule has 0 unspecified atom stereocenters. The van der Waals surface area contributed by atoms with Gasteiger partial charge >= 0.3 is 11.9 Å². The Hall–Kier alpha value is -1.18. The molecular formula is C48H94O7. The molecule has 0 atom stereocenters. The Morgan fingerprint density at radius 3 is 0.727 bits per heavy atom. The molecule has 0 aliphatic heterocycles. The minimum atomic E-state index is -0.729. The number of aliphatic hydroxyl groups excluding tert-OH is 3. The average Bonchev–Trinajstić information content (AvgIpc) is 3.20. The van der Waals surface area contributed by atoms with Crippen LogP contribution in [0.3, 0.4) is 0 Å². The first-order valence-corrected chi connectivity index (χ1v) is 24.2. The van der Waals surface area contributed by atoms with Gasteiger partial charge in [-0.25, -0.2) is 0 Å². The minimum absolute atomic E-state index is 0.0888. The van der Waals surface area contributed by atoms with Gasteiger partial charge in [0.2, 0.25) is 0 Å². The van der Waals surface area contributed by atoms with Crippen molar-refractivity contribution in [1.82, 2.24) is 0 Å². The zero-order valence-corrected chi connectivity index (χ0v) is 36.6. The van der Waals surface area contributed by atoms with Crippen molar-refractivity contribution < 1.29 is 34.4 Å². The van der Waals surface area contributed by atoms with Crippen LogP contribution in [0.2, 0.25) is 0 Å². The first-order valence-electron chi connectivity index (χ1n) is 24.2. The number of aliphatic hydroxyl groups is 3. The molecule has 7 heteroatoms. The van der Waals surface area contributed by atoms with E-state index < -0.39 is 5.41 Å². The van der Waals surface area contributed by atoms with Crippen LogP contribution in [0, 0.1) is 5.41 Å². The minimum Gasteiger partial charge on any atom is -0.465 e. The van der Waals surface area contributed by atoms with Crippen LogP contribution in [0.4, 0.5) is 0 Å². The molecule has 0 radical (unpaired) electrons. The Morgan fingerprint density at radius 1 is 0.345 bits per heavy atom. The maximum Gasteiger partial charge on any atom is 0.305 e. The predicted molar refractivity (Wildman–Crippen MR) is 231 cm³/mol. The summed E-state index contributed by atoms with van der Waals surface area (Å²) in [6.07, 6.45) is 46.5. The van der Waals surface area contributed by atoms with Gasteiger partial charge in [0.1, 0.15) is 13.2 Å². The number of hydrogen-bond acceptors (Lipinski definition) is 7. The molecule has 3 N–H and O–H groups in total. The molecule has 0 aromatic heterocycles. The molecule has 0 rings (SSSR count). The van der Waals surface area contributed by atoms with Gasteiger partial charge in [-0.1, -0.05) is 212 Å². The van der Waals surface area contributed by atoms with Crippen molar-refractivity contribution in [2.75, 3.05) is 33.0 Å². The summed E-state index contributed by atoms with van der Waals surface area (Å²) in [5, 5.41) is 27.7. The average molecular weight is 783 g/mol. The molecule has 0 saturated heterocycles. The van der Waals surface area contributed by atoms with E-state index in [2.05, 4.69) is 0 Å². The maximum atomic E-state index is 12.4. The first kappa shape index (κ1) is 53.8. The second kappa shape index (κ2) is 43.9. The lowest BCUT2D eigenvalue weighted by molar-refractivity contribution is -0.156. The Bertz CT molecular complexity index is 724. The fraction of sp³-hybridized carbons (Fsp3) is 0.958. The predicted octanol–water partition coefficient (Wildman–Crippen LogP) is 13.3. The van der Waals surface area contributed by atoms with Crippen LogP contribution in [0.25, 0.3) is 0 Å². The highest BCUT2D eigenvalue weighted by molar-refractivity contribution is 5.69. The number of rotatable bonds is 46. The summed E-state index contributed by atoms with van der Waals surface area (Å²) in [5.74, 6) is -0.446. The molecule has 0 aliphatic rings. The fourth-order valence-electron chi connectivity index (χ4n) is 7.48. The Morgan fingerprint density at radius 2 is 0.545 bits per heavy atom. The van der Waals surface area contributed by atoms with Gasteiger partial charge in [-0.3, -0.25) is 9.59 Å². The van der Waals surface area contributed by atoms with E-state index in [-0.39, 0.29) is 31.8 Å². The molecule has 0 heterocycles. The van der Waals surface area contributed by atoms with Gasteiger partial charge in [0.15, 0.2) is 0 Å². The van der Waals surface area contributed by atoms with Gasteiger partial charge in [-0.05, 0) is 32.1 Å². The molecule has 55 heavy (non-hydrogen) atoms. The molecule has 0 amide bonds. The zero-order chi connectivity index (χ0) is 40.2. The topological polar surface area (TPSA) is 113 Å². The first-order chi connectivity index (χ1) is 27.0. The molecule has 0 spiro atoms. The summed E-state index contributed by atoms with van der Waals surface area (Å²) in [5.41, 5.74) is -0.729. The van der Waals surface area contributed by atoms with E-state index in [0.29, 0.717) is 32.5 Å². The number of esters is 2. The van der Waals surface area contributed by atoms with E-state index in [1.54, 1.807) is 0 Å². The van der Waals surface area contributed by atoms with E-state index in [9.17, 15) is 14.7 Å². The normalized spacial score (nSPS) is 11.7. The molecule has 0 aromatic carbocycles. The van der Waals surface area contributed by atoms with E-state index >= 15 is 0 Å². The van der Waals surface area contributed by atoms with Crippen LogP contribution < -0.4 is 0 Å². The smallest absolute Gasteiger partial charge is 0.305 e. The van der Waals surface area contributed by atoms with Crippen molar-refractivity contribution in [3.05, 3.63) is 0 Å². The molecule has 0 aliphatic carbocycles. The lowest BCUT2D eigenvalue weighted by atomic mass is 9.88. The molecule has 328 valence electrons. The summed E-state index contributed by atoms with van der Waals surface area (Å²) in [6, 6.07) is 0. The quantitative estimate of drug-likeness (QED) is 0.0416. The Balaban J connectivity index is 3.64. The Kier molecular flexibility index (Phi) is 43.0. The summed E-state index contributed by atoms with van der Waals surface area (Å²) >= 11 is 0. The second-order valence-corrected chi connectivity index (χ2v) is 17.0. The molecule has 0 bridgehead atoms. The van der Waals surface area contributed by atoms with Crippen molar-refractivity contribution in [3.8, 4) is 0 Å². The molecule has 0 saturated carbocycles. The third kappa shape index (κ3) is 39.4. The van der Waals surface area contributed by atoms with Crippen molar-refractivity contribution in [2.24, 2.45) is 5.41 Å². The molecule has 0 aromatic rings. The van der Waals surface area contributed by atoms with Crippen molar-refractivity contribution in [2.45, 2.75) is 257 Å². The van der Waals surface area contributed by atoms with Crippen LogP contribution in [0.5, 0.6) is 0 Å². The number of ether oxygens (including phenoxy) is 2. The summed E-state index contributed by atoms with van der Waals surface area (Å²) in [6.45, 7) is 2.62. The van der Waals surface area contributed by atoms with Crippen molar-refractivity contribution in [1.29, 1.82) is 0 Å². The second-order valence-electron chi connectivity index (χ2n) is 17.0. The Labute approximate surface area is 341 Å². The van der Waals surface area contributed by atoms with Crippen molar-refractivity contribution in [3.63, 3.8) is 0 Å². The number of unbranched alkanes of at least 4 members (excludes halogenated alkanes) is 34. The highest BCUT2D eigenvalue weighted by Crippen LogP contribution is 2.24. The van der Waals surface area contributed by atoms with E-state index in [1.807, 2.05) is 6.92 Å². The zero-order valence-electron chi connectivity index (χ0n) is 36.6. The van der Waals surface area contributed by atoms with E-state index in [4.69, 9.17) is 19.7 Å². The van der Waals surface area contributed by atoms with Crippen LogP contribution >= 0.6 is 0 Å². The third-order valence-electron chi connectivity index (χ3n) is 11.7. The summed E-state index contributed by atoms with van der Waals surface area (Å²) in [4.78, 5) is 24.8. The molecule has 7 nitrogen and oxygen atoms in total. The van der Waals surface area contributed by atoms with Gasteiger partial charge in [0, 0.05) is 26.1 Å². The standard InChI is InChI=1S/C48H94O7/c1-2-48(43-51,44-54-46(52)39-35-31-27-23-19-15-11-7-3-5-9-13-17-21-25-29-33-37-41-49)45-55-47(53)40-36-32-28-24-20-16-12-8-4-6-10-14-18-22-26-30-34-38-42-50/h49-51H,2-45H2,1H3. The van der Waals surface area contributed by atoms with Gasteiger partial charge in [0.05, 0.1) is 12.0 Å². The highest BCUT2D eigenvalue weighted by atomic mass is 16.5. The monoisotopic (exact) mass is 783 g/mol. The largest absolute Gasteiger partial charge is 0.465 e. The van der Waals surface area contributed by atoms with Crippen LogP contribution in [-0.4, -0.2) is 60.3 Å². The summed E-state index contributed by atoms with van der Waals surface area (Å²) in [7, 11) is 0. The number of hydrogen-bond donors (Lipinski definition) is 3. The summed E-state index contributed by atoms with van der Waals surface area (Å²) < 4.78 is 11.1. The highest BCUT2D eigenvalue weighted by Gasteiger charge is 2.31. The SMILES string of the molecule is CCC(CO)(COC(=O)CCCCCCCCCCCCCCCCCCCCO)COC(=O)CCCCCCCCCCCCCCCCCCCCO. The lowest BCUT2D eigenvalue weighted by Gasteiger charge is -2.29. The van der Waals surface area contributed by atoms with Crippen molar-refractivity contribution >= 4 is 11.9 Å². The van der Waals surface area contributed by atoms with Gasteiger partial charge in [-0.2, -0.15) is 0 Å². The van der Waals surface area contributed by atoms with Gasteiger partial charge in [-0.15, -0.1) is 0 Å².